The Morgan fingerprint density at radius 1 is 1.45 bits per heavy atom. The summed E-state index contributed by atoms with van der Waals surface area (Å²) in [5.74, 6) is 0.882. The van der Waals surface area contributed by atoms with Gasteiger partial charge in [0.05, 0.1) is 0 Å². The largest absolute Gasteiger partial charge is 0.351 e. The third-order valence-electron chi connectivity index (χ3n) is 4.13. The fourth-order valence-electron chi connectivity index (χ4n) is 3.01. The predicted molar refractivity (Wildman–Crippen MR) is 94.6 cm³/mol. The first kappa shape index (κ1) is 15.2. The average Bonchev–Trinajstić information content (AvgIpc) is 3.01. The number of nitrogens with one attached hydrogen (secondary N) is 2. The molecule has 0 amide bonds. The Balaban J connectivity index is 2.00. The highest BCUT2D eigenvalue weighted by molar-refractivity contribution is 7.11. The standard InChI is InChI=1S/C17H24N4S/c1-5-18-17-19-12(4)14-9-13(15-7-6-8-22-15)10-21(11(2)3)16(14)20-17/h6-8,10-11,16H,5,9H2,1-4H3,(H2,18,19,20). The predicted octanol–water partition coefficient (Wildman–Crippen LogP) is 3.37. The molecule has 0 bridgehead atoms. The Kier molecular flexibility index (Phi) is 4.25. The summed E-state index contributed by atoms with van der Waals surface area (Å²) in [6.45, 7) is 9.47. The molecule has 0 aliphatic carbocycles. The smallest absolute Gasteiger partial charge is 0.197 e. The van der Waals surface area contributed by atoms with Crippen molar-refractivity contribution < 1.29 is 0 Å². The number of nitrogens with zero attached hydrogens (tertiary/aromatic N) is 2. The molecule has 2 aliphatic rings. The monoisotopic (exact) mass is 316 g/mol. The van der Waals surface area contributed by atoms with Crippen LogP contribution in [0.2, 0.25) is 0 Å². The van der Waals surface area contributed by atoms with Crippen molar-refractivity contribution >= 4 is 22.9 Å². The van der Waals surface area contributed by atoms with Gasteiger partial charge in [-0.2, -0.15) is 0 Å². The molecule has 2 aliphatic heterocycles. The van der Waals surface area contributed by atoms with E-state index in [0.717, 1.165) is 18.9 Å². The second-order valence-electron chi connectivity index (χ2n) is 5.99. The van der Waals surface area contributed by atoms with Gasteiger partial charge in [-0.25, -0.2) is 0 Å². The van der Waals surface area contributed by atoms with Crippen molar-refractivity contribution in [1.82, 2.24) is 15.5 Å². The van der Waals surface area contributed by atoms with E-state index in [-0.39, 0.29) is 6.17 Å². The van der Waals surface area contributed by atoms with E-state index in [0.29, 0.717) is 6.04 Å². The van der Waals surface area contributed by atoms with Crippen molar-refractivity contribution in [1.29, 1.82) is 0 Å². The molecule has 2 N–H and O–H groups in total. The van der Waals surface area contributed by atoms with Crippen LogP contribution in [0.3, 0.4) is 0 Å². The molecular weight excluding hydrogens is 292 g/mol. The molecule has 1 aromatic rings. The lowest BCUT2D eigenvalue weighted by Crippen LogP contribution is -2.58. The van der Waals surface area contributed by atoms with Gasteiger partial charge in [-0.15, -0.1) is 11.3 Å². The maximum absolute atomic E-state index is 4.50. The third-order valence-corrected chi connectivity index (χ3v) is 5.07. The van der Waals surface area contributed by atoms with Crippen molar-refractivity contribution in [2.24, 2.45) is 4.99 Å². The summed E-state index contributed by atoms with van der Waals surface area (Å²) in [7, 11) is 0. The fraction of sp³-hybridized carbons (Fsp3) is 0.471. The van der Waals surface area contributed by atoms with Gasteiger partial charge in [0.1, 0.15) is 6.17 Å². The summed E-state index contributed by atoms with van der Waals surface area (Å²) in [5.41, 5.74) is 4.03. The minimum atomic E-state index is 0.204. The number of fused-ring (bicyclic) bond motifs is 1. The first-order chi connectivity index (χ1) is 10.6. The van der Waals surface area contributed by atoms with Crippen LogP contribution in [0.25, 0.3) is 5.57 Å². The SMILES string of the molecule is CCN=C1NC(C)=C2CC(c3cccs3)=CN(C(C)C)C2N1. The Morgan fingerprint density at radius 2 is 2.27 bits per heavy atom. The number of hydrogen-bond donors (Lipinski definition) is 2. The summed E-state index contributed by atoms with van der Waals surface area (Å²) in [5, 5.41) is 9.10. The van der Waals surface area contributed by atoms with Gasteiger partial charge in [-0.05, 0) is 50.3 Å². The topological polar surface area (TPSA) is 39.7 Å². The van der Waals surface area contributed by atoms with Crippen LogP contribution in [-0.4, -0.2) is 29.6 Å². The lowest BCUT2D eigenvalue weighted by molar-refractivity contribution is 0.226. The highest BCUT2D eigenvalue weighted by Gasteiger charge is 2.33. The van der Waals surface area contributed by atoms with Crippen molar-refractivity contribution in [2.75, 3.05) is 6.54 Å². The van der Waals surface area contributed by atoms with Gasteiger partial charge in [0.2, 0.25) is 0 Å². The molecular formula is C17H24N4S. The van der Waals surface area contributed by atoms with E-state index in [1.54, 1.807) is 0 Å². The van der Waals surface area contributed by atoms with Crippen LogP contribution in [0.4, 0.5) is 0 Å². The van der Waals surface area contributed by atoms with E-state index in [1.807, 2.05) is 11.3 Å². The van der Waals surface area contributed by atoms with Crippen LogP contribution in [0, 0.1) is 0 Å². The first-order valence-corrected chi connectivity index (χ1v) is 8.77. The van der Waals surface area contributed by atoms with E-state index in [2.05, 4.69) is 71.9 Å². The summed E-state index contributed by atoms with van der Waals surface area (Å²) < 4.78 is 0. The normalized spacial score (nSPS) is 23.3. The molecule has 3 heterocycles. The van der Waals surface area contributed by atoms with Crippen LogP contribution < -0.4 is 10.6 Å². The number of guanidine groups is 1. The van der Waals surface area contributed by atoms with Crippen LogP contribution >= 0.6 is 11.3 Å². The summed E-state index contributed by atoms with van der Waals surface area (Å²) >= 11 is 1.81. The van der Waals surface area contributed by atoms with Gasteiger partial charge in [-0.3, -0.25) is 4.99 Å². The Bertz CT molecular complexity index is 625. The van der Waals surface area contributed by atoms with Crippen molar-refractivity contribution in [3.8, 4) is 0 Å². The van der Waals surface area contributed by atoms with Gasteiger partial charge in [0.15, 0.2) is 5.96 Å². The Morgan fingerprint density at radius 3 is 2.91 bits per heavy atom. The minimum absolute atomic E-state index is 0.204. The highest BCUT2D eigenvalue weighted by atomic mass is 32.1. The molecule has 1 aromatic heterocycles. The average molecular weight is 316 g/mol. The lowest BCUT2D eigenvalue weighted by Gasteiger charge is -2.44. The Hall–Kier alpha value is -1.75. The number of aliphatic imine (C=N–C) groups is 1. The van der Waals surface area contributed by atoms with Gasteiger partial charge in [0, 0.05) is 35.8 Å². The molecule has 118 valence electrons. The summed E-state index contributed by atoms with van der Waals surface area (Å²) in [6.07, 6.45) is 3.51. The van der Waals surface area contributed by atoms with Gasteiger partial charge < -0.3 is 15.5 Å². The summed E-state index contributed by atoms with van der Waals surface area (Å²) in [6, 6.07) is 4.76. The van der Waals surface area contributed by atoms with Crippen LogP contribution in [0.15, 0.2) is 40.0 Å². The number of thiophene rings is 1. The molecule has 0 fully saturated rings. The van der Waals surface area contributed by atoms with Crippen LogP contribution in [0.5, 0.6) is 0 Å². The maximum atomic E-state index is 4.50. The van der Waals surface area contributed by atoms with Crippen LogP contribution in [0.1, 0.15) is 39.0 Å². The minimum Gasteiger partial charge on any atom is -0.351 e. The molecule has 0 saturated carbocycles. The van der Waals surface area contributed by atoms with Gasteiger partial charge >= 0.3 is 0 Å². The third kappa shape index (κ3) is 2.77. The molecule has 1 atom stereocenters. The number of hydrogen-bond acceptors (Lipinski definition) is 3. The molecule has 4 nitrogen and oxygen atoms in total. The van der Waals surface area contributed by atoms with E-state index in [1.165, 1.54) is 21.7 Å². The van der Waals surface area contributed by atoms with Crippen LogP contribution in [-0.2, 0) is 0 Å². The van der Waals surface area contributed by atoms with Crippen molar-refractivity contribution in [2.45, 2.75) is 46.3 Å². The second-order valence-corrected chi connectivity index (χ2v) is 6.94. The molecule has 0 spiro atoms. The zero-order valence-electron chi connectivity index (χ0n) is 13.7. The molecule has 0 radical (unpaired) electrons. The van der Waals surface area contributed by atoms with Crippen molar-refractivity contribution in [3.63, 3.8) is 0 Å². The van der Waals surface area contributed by atoms with Gasteiger partial charge in [-0.1, -0.05) is 6.07 Å². The fourth-order valence-corrected chi connectivity index (χ4v) is 3.74. The quantitative estimate of drug-likeness (QED) is 0.898. The lowest BCUT2D eigenvalue weighted by atomic mass is 9.94. The zero-order valence-corrected chi connectivity index (χ0v) is 14.5. The second kappa shape index (κ2) is 6.16. The first-order valence-electron chi connectivity index (χ1n) is 7.89. The van der Waals surface area contributed by atoms with Gasteiger partial charge in [0.25, 0.3) is 0 Å². The molecule has 3 rings (SSSR count). The maximum Gasteiger partial charge on any atom is 0.197 e. The Labute approximate surface area is 136 Å². The number of rotatable bonds is 3. The van der Waals surface area contributed by atoms with E-state index < -0.39 is 0 Å². The highest BCUT2D eigenvalue weighted by Crippen LogP contribution is 2.36. The zero-order chi connectivity index (χ0) is 15.7. The van der Waals surface area contributed by atoms with Crippen molar-refractivity contribution in [3.05, 3.63) is 39.9 Å². The van der Waals surface area contributed by atoms with E-state index >= 15 is 0 Å². The van der Waals surface area contributed by atoms with E-state index in [9.17, 15) is 0 Å². The molecule has 1 unspecified atom stereocenters. The number of allylic oxidation sites excluding steroid dienone is 2. The molecule has 0 saturated heterocycles. The van der Waals surface area contributed by atoms with E-state index in [4.69, 9.17) is 0 Å². The summed E-state index contributed by atoms with van der Waals surface area (Å²) in [4.78, 5) is 8.27. The molecule has 22 heavy (non-hydrogen) atoms. The molecule has 5 heteroatoms. The molecule has 0 aromatic carbocycles.